The van der Waals surface area contributed by atoms with E-state index in [2.05, 4.69) is 32.6 Å². The average molecular weight is 257 g/mol. The van der Waals surface area contributed by atoms with Crippen LogP contribution in [0.3, 0.4) is 0 Å². The summed E-state index contributed by atoms with van der Waals surface area (Å²) in [7, 11) is 0. The Kier molecular flexibility index (Phi) is 4.32. The molecule has 2 unspecified atom stereocenters. The fourth-order valence-corrected chi connectivity index (χ4v) is 2.99. The topological polar surface area (TPSA) is 41.9 Å². The summed E-state index contributed by atoms with van der Waals surface area (Å²) >= 11 is 0. The van der Waals surface area contributed by atoms with E-state index in [-0.39, 0.29) is 24.6 Å². The molecule has 1 N–H and O–H groups in total. The molecule has 0 spiro atoms. The lowest BCUT2D eigenvalue weighted by molar-refractivity contribution is -0.0736. The molecule has 2 rings (SSSR count). The Morgan fingerprint density at radius 1 is 1.06 bits per heavy atom. The van der Waals surface area contributed by atoms with E-state index < -0.39 is 0 Å². The molecule has 0 radical (unpaired) electrons. The lowest BCUT2D eigenvalue weighted by Crippen LogP contribution is -2.52. The molecule has 4 heteroatoms. The van der Waals surface area contributed by atoms with Gasteiger partial charge in [0.2, 0.25) is 0 Å². The van der Waals surface area contributed by atoms with Gasteiger partial charge in [-0.3, -0.25) is 0 Å². The Balaban J connectivity index is 2.12. The molecular weight excluding hydrogens is 230 g/mol. The molecule has 0 aromatic rings. The standard InChI is InChI=1S/C14H27NO3/c1-10(2)5-12-15-13(6-11(3)4)18-9-14(15,7-16)8-17-12/h10-13,16H,5-9H2,1-4H3. The van der Waals surface area contributed by atoms with Crippen LogP contribution in [-0.4, -0.2) is 47.8 Å². The number of hydrogen-bond donors (Lipinski definition) is 1. The maximum atomic E-state index is 9.73. The zero-order chi connectivity index (χ0) is 13.3. The largest absolute Gasteiger partial charge is 0.394 e. The number of fused-ring (bicyclic) bond motifs is 1. The molecule has 2 heterocycles. The molecule has 106 valence electrons. The molecule has 2 aliphatic heterocycles. The minimum absolute atomic E-state index is 0.100. The van der Waals surface area contributed by atoms with Gasteiger partial charge in [0.05, 0.1) is 25.4 Å². The Bertz CT molecular complexity index is 258. The van der Waals surface area contributed by atoms with E-state index in [0.717, 1.165) is 12.8 Å². The van der Waals surface area contributed by atoms with Crippen LogP contribution in [0, 0.1) is 11.8 Å². The number of ether oxygens (including phenoxy) is 2. The highest BCUT2D eigenvalue weighted by Gasteiger charge is 2.55. The summed E-state index contributed by atoms with van der Waals surface area (Å²) in [5.41, 5.74) is -0.293. The second-order valence-electron chi connectivity index (χ2n) is 6.58. The van der Waals surface area contributed by atoms with Crippen LogP contribution < -0.4 is 0 Å². The predicted octanol–water partition coefficient (Wildman–Crippen LogP) is 1.82. The van der Waals surface area contributed by atoms with Crippen molar-refractivity contribution in [3.05, 3.63) is 0 Å². The number of hydrogen-bond acceptors (Lipinski definition) is 4. The molecule has 0 saturated carbocycles. The maximum absolute atomic E-state index is 9.73. The van der Waals surface area contributed by atoms with E-state index in [1.165, 1.54) is 0 Å². The molecule has 2 atom stereocenters. The van der Waals surface area contributed by atoms with E-state index >= 15 is 0 Å². The van der Waals surface area contributed by atoms with Gasteiger partial charge < -0.3 is 14.6 Å². The van der Waals surface area contributed by atoms with Gasteiger partial charge >= 0.3 is 0 Å². The smallest absolute Gasteiger partial charge is 0.113 e. The normalized spacial score (nSPS) is 36.8. The van der Waals surface area contributed by atoms with Gasteiger partial charge in [-0.05, 0) is 24.7 Å². The minimum Gasteiger partial charge on any atom is -0.394 e. The van der Waals surface area contributed by atoms with Crippen LogP contribution in [0.4, 0.5) is 0 Å². The highest BCUT2D eigenvalue weighted by molar-refractivity contribution is 5.02. The third-order valence-corrected chi connectivity index (χ3v) is 3.90. The van der Waals surface area contributed by atoms with E-state index in [4.69, 9.17) is 9.47 Å². The molecule has 4 nitrogen and oxygen atoms in total. The van der Waals surface area contributed by atoms with Crippen LogP contribution in [-0.2, 0) is 9.47 Å². The lowest BCUT2D eigenvalue weighted by Gasteiger charge is -2.34. The van der Waals surface area contributed by atoms with Crippen LogP contribution in [0.15, 0.2) is 0 Å². The summed E-state index contributed by atoms with van der Waals surface area (Å²) in [6.07, 6.45) is 2.20. The van der Waals surface area contributed by atoms with Crippen molar-refractivity contribution in [3.63, 3.8) is 0 Å². The molecule has 0 aliphatic carbocycles. The van der Waals surface area contributed by atoms with Gasteiger partial charge in [0.1, 0.15) is 12.5 Å². The van der Waals surface area contributed by atoms with Crippen LogP contribution >= 0.6 is 0 Å². The zero-order valence-electron chi connectivity index (χ0n) is 12.1. The summed E-state index contributed by atoms with van der Waals surface area (Å²) in [5.74, 6) is 1.18. The predicted molar refractivity (Wildman–Crippen MR) is 70.0 cm³/mol. The van der Waals surface area contributed by atoms with Gasteiger partial charge in [0.15, 0.2) is 0 Å². The van der Waals surface area contributed by atoms with Crippen LogP contribution in [0.25, 0.3) is 0 Å². The summed E-state index contributed by atoms with van der Waals surface area (Å²) in [6, 6.07) is 0. The molecule has 0 aromatic carbocycles. The molecule has 2 saturated heterocycles. The van der Waals surface area contributed by atoms with E-state index in [1.807, 2.05) is 0 Å². The summed E-state index contributed by atoms with van der Waals surface area (Å²) < 4.78 is 11.8. The molecule has 0 aromatic heterocycles. The third-order valence-electron chi connectivity index (χ3n) is 3.90. The second kappa shape index (κ2) is 5.45. The molecule has 0 amide bonds. The first-order valence-corrected chi connectivity index (χ1v) is 7.11. The van der Waals surface area contributed by atoms with Crippen molar-refractivity contribution in [2.75, 3.05) is 19.8 Å². The van der Waals surface area contributed by atoms with Crippen LogP contribution in [0.5, 0.6) is 0 Å². The monoisotopic (exact) mass is 257 g/mol. The summed E-state index contributed by atoms with van der Waals surface area (Å²) in [4.78, 5) is 2.30. The van der Waals surface area contributed by atoms with Gasteiger partial charge in [-0.15, -0.1) is 0 Å². The van der Waals surface area contributed by atoms with Gasteiger partial charge in [0.25, 0.3) is 0 Å². The first-order valence-electron chi connectivity index (χ1n) is 7.11. The molecule has 18 heavy (non-hydrogen) atoms. The Hall–Kier alpha value is -0.160. The van der Waals surface area contributed by atoms with Crippen molar-refractivity contribution in [1.29, 1.82) is 0 Å². The van der Waals surface area contributed by atoms with Crippen molar-refractivity contribution < 1.29 is 14.6 Å². The number of aliphatic hydroxyl groups is 1. The molecular formula is C14H27NO3. The number of nitrogens with zero attached hydrogens (tertiary/aromatic N) is 1. The highest BCUT2D eigenvalue weighted by atomic mass is 16.6. The fourth-order valence-electron chi connectivity index (χ4n) is 2.99. The van der Waals surface area contributed by atoms with E-state index in [1.54, 1.807) is 0 Å². The fraction of sp³-hybridized carbons (Fsp3) is 1.00. The van der Waals surface area contributed by atoms with Crippen molar-refractivity contribution in [2.24, 2.45) is 11.8 Å². The second-order valence-corrected chi connectivity index (χ2v) is 6.58. The summed E-state index contributed by atoms with van der Waals surface area (Å²) in [6.45, 7) is 10.1. The minimum atomic E-state index is -0.293. The highest BCUT2D eigenvalue weighted by Crippen LogP contribution is 2.39. The summed E-state index contributed by atoms with van der Waals surface area (Å²) in [5, 5.41) is 9.73. The SMILES string of the molecule is CC(C)CC1OCC2(CO)COC(CC(C)C)N12. The zero-order valence-corrected chi connectivity index (χ0v) is 12.1. The average Bonchev–Trinajstić information content (AvgIpc) is 2.78. The Labute approximate surface area is 110 Å². The van der Waals surface area contributed by atoms with E-state index in [0.29, 0.717) is 25.0 Å². The first kappa shape index (κ1) is 14.3. The van der Waals surface area contributed by atoms with Crippen molar-refractivity contribution in [1.82, 2.24) is 4.90 Å². The first-order chi connectivity index (χ1) is 8.48. The third kappa shape index (κ3) is 2.57. The molecule has 2 aliphatic rings. The van der Waals surface area contributed by atoms with Crippen LogP contribution in [0.2, 0.25) is 0 Å². The Morgan fingerprint density at radius 2 is 1.50 bits per heavy atom. The molecule has 0 bridgehead atoms. The van der Waals surface area contributed by atoms with Crippen molar-refractivity contribution in [3.8, 4) is 0 Å². The quantitative estimate of drug-likeness (QED) is 0.816. The van der Waals surface area contributed by atoms with Crippen molar-refractivity contribution >= 4 is 0 Å². The van der Waals surface area contributed by atoms with Crippen molar-refractivity contribution in [2.45, 2.75) is 58.5 Å². The van der Waals surface area contributed by atoms with Gasteiger partial charge in [-0.2, -0.15) is 0 Å². The van der Waals surface area contributed by atoms with Gasteiger partial charge in [0, 0.05) is 0 Å². The van der Waals surface area contributed by atoms with Gasteiger partial charge in [-0.1, -0.05) is 27.7 Å². The van der Waals surface area contributed by atoms with Crippen LogP contribution in [0.1, 0.15) is 40.5 Å². The number of aliphatic hydroxyl groups excluding tert-OH is 1. The molecule has 2 fully saturated rings. The van der Waals surface area contributed by atoms with E-state index in [9.17, 15) is 5.11 Å². The maximum Gasteiger partial charge on any atom is 0.113 e. The Morgan fingerprint density at radius 3 is 1.83 bits per heavy atom. The van der Waals surface area contributed by atoms with Gasteiger partial charge in [-0.25, -0.2) is 4.90 Å². The lowest BCUT2D eigenvalue weighted by atomic mass is 10.00. The number of rotatable bonds is 5.